The number of fused-ring (bicyclic) bond motifs is 1. The summed E-state index contributed by atoms with van der Waals surface area (Å²) in [5.74, 6) is 2.08. The Morgan fingerprint density at radius 1 is 0.857 bits per heavy atom. The Kier molecular flexibility index (Phi) is 7.77. The molecule has 2 aliphatic heterocycles. The summed E-state index contributed by atoms with van der Waals surface area (Å²) >= 11 is 0. The average molecular weight is 569 g/mol. The fourth-order valence-corrected chi connectivity index (χ4v) is 6.20. The Labute approximate surface area is 247 Å². The monoisotopic (exact) mass is 568 g/mol. The lowest BCUT2D eigenvalue weighted by Gasteiger charge is -2.42. The molecule has 9 nitrogen and oxygen atoms in total. The number of piperidine rings is 2. The van der Waals surface area contributed by atoms with Crippen LogP contribution in [0.25, 0.3) is 22.2 Å². The summed E-state index contributed by atoms with van der Waals surface area (Å²) in [5.41, 5.74) is 8.92. The van der Waals surface area contributed by atoms with Crippen molar-refractivity contribution in [1.29, 1.82) is 0 Å². The zero-order chi connectivity index (χ0) is 29.3. The van der Waals surface area contributed by atoms with Crippen LogP contribution in [-0.2, 0) is 4.74 Å². The van der Waals surface area contributed by atoms with Crippen LogP contribution < -0.4 is 10.5 Å². The number of carbonyl (C=O) groups excluding carboxylic acids is 1. The fourth-order valence-electron chi connectivity index (χ4n) is 6.20. The van der Waals surface area contributed by atoms with Gasteiger partial charge in [-0.05, 0) is 76.3 Å². The lowest BCUT2D eigenvalue weighted by atomic mass is 9.98. The van der Waals surface area contributed by atoms with Gasteiger partial charge in [0.15, 0.2) is 0 Å². The van der Waals surface area contributed by atoms with Gasteiger partial charge in [0.05, 0.1) is 5.39 Å². The van der Waals surface area contributed by atoms with Crippen molar-refractivity contribution in [1.82, 2.24) is 24.3 Å². The van der Waals surface area contributed by atoms with Gasteiger partial charge in [-0.1, -0.05) is 30.3 Å². The number of nitrogen functional groups attached to an aromatic ring is 1. The van der Waals surface area contributed by atoms with Crippen molar-refractivity contribution in [2.75, 3.05) is 31.9 Å². The third-order valence-electron chi connectivity index (χ3n) is 8.31. The molecule has 2 saturated heterocycles. The van der Waals surface area contributed by atoms with E-state index in [4.69, 9.17) is 15.2 Å². The van der Waals surface area contributed by atoms with Gasteiger partial charge in [0.25, 0.3) is 0 Å². The van der Waals surface area contributed by atoms with E-state index in [0.29, 0.717) is 17.9 Å². The Bertz CT molecular complexity index is 1510. The fraction of sp³-hybridized carbons (Fsp3) is 0.424. The van der Waals surface area contributed by atoms with Crippen molar-refractivity contribution in [3.8, 4) is 22.6 Å². The van der Waals surface area contributed by atoms with Crippen LogP contribution in [0.15, 0.2) is 67.1 Å². The molecule has 2 aromatic carbocycles. The van der Waals surface area contributed by atoms with Gasteiger partial charge in [-0.15, -0.1) is 0 Å². The highest BCUT2D eigenvalue weighted by Crippen LogP contribution is 2.38. The molecular weight excluding hydrogens is 528 g/mol. The first-order chi connectivity index (χ1) is 20.2. The van der Waals surface area contributed by atoms with Gasteiger partial charge < -0.3 is 29.6 Å². The van der Waals surface area contributed by atoms with E-state index in [1.54, 1.807) is 6.33 Å². The van der Waals surface area contributed by atoms with Crippen molar-refractivity contribution >= 4 is 22.9 Å². The second kappa shape index (κ2) is 11.6. The number of para-hydroxylation sites is 1. The van der Waals surface area contributed by atoms with Gasteiger partial charge in [0.2, 0.25) is 0 Å². The van der Waals surface area contributed by atoms with Crippen LogP contribution in [-0.4, -0.2) is 68.3 Å². The first kappa shape index (κ1) is 28.0. The SMILES string of the molecule is CC(C)(C)OC(=O)N1CCC(N2CCC(n3cc(-c4ccc(Oc5ccccc5)cc4)c4c(N)ncnc43)CC2)CC1. The molecule has 2 aromatic heterocycles. The van der Waals surface area contributed by atoms with Crippen LogP contribution in [0.3, 0.4) is 0 Å². The Balaban J connectivity index is 1.13. The maximum atomic E-state index is 12.5. The van der Waals surface area contributed by atoms with Gasteiger partial charge in [0, 0.05) is 50.0 Å². The Morgan fingerprint density at radius 3 is 2.17 bits per heavy atom. The summed E-state index contributed by atoms with van der Waals surface area (Å²) in [6.07, 6.45) is 7.58. The third kappa shape index (κ3) is 6.06. The number of carbonyl (C=O) groups is 1. The predicted octanol–water partition coefficient (Wildman–Crippen LogP) is 6.51. The lowest BCUT2D eigenvalue weighted by Crippen LogP contribution is -2.49. The highest BCUT2D eigenvalue weighted by molar-refractivity contribution is 6.00. The molecule has 0 atom stereocenters. The molecule has 0 saturated carbocycles. The molecule has 9 heteroatoms. The number of amides is 1. The first-order valence-electron chi connectivity index (χ1n) is 14.9. The molecule has 0 bridgehead atoms. The van der Waals surface area contributed by atoms with Gasteiger partial charge in [-0.2, -0.15) is 0 Å². The molecule has 4 heterocycles. The number of rotatable bonds is 5. The number of hydrogen-bond acceptors (Lipinski definition) is 7. The second-order valence-corrected chi connectivity index (χ2v) is 12.3. The summed E-state index contributed by atoms with van der Waals surface area (Å²) in [7, 11) is 0. The van der Waals surface area contributed by atoms with E-state index in [2.05, 4.69) is 37.8 Å². The second-order valence-electron chi connectivity index (χ2n) is 12.3. The number of hydrogen-bond donors (Lipinski definition) is 1. The number of ether oxygens (including phenoxy) is 2. The summed E-state index contributed by atoms with van der Waals surface area (Å²) in [6, 6.07) is 18.7. The van der Waals surface area contributed by atoms with Crippen molar-refractivity contribution in [3.05, 3.63) is 67.1 Å². The van der Waals surface area contributed by atoms with Crippen LogP contribution in [0.2, 0.25) is 0 Å². The molecule has 0 radical (unpaired) electrons. The molecule has 6 rings (SSSR count). The van der Waals surface area contributed by atoms with Crippen molar-refractivity contribution in [2.45, 2.75) is 64.1 Å². The van der Waals surface area contributed by atoms with Crippen molar-refractivity contribution in [2.24, 2.45) is 0 Å². The number of anilines is 1. The van der Waals surface area contributed by atoms with Crippen LogP contribution in [0.1, 0.15) is 52.5 Å². The average Bonchev–Trinajstić information content (AvgIpc) is 3.38. The normalized spacial score (nSPS) is 17.5. The zero-order valence-corrected chi connectivity index (χ0v) is 24.7. The molecule has 0 unspecified atom stereocenters. The summed E-state index contributed by atoms with van der Waals surface area (Å²) in [5, 5.41) is 0.895. The van der Waals surface area contributed by atoms with Crippen LogP contribution >= 0.6 is 0 Å². The number of likely N-dealkylation sites (tertiary alicyclic amines) is 2. The largest absolute Gasteiger partial charge is 0.457 e. The Hall–Kier alpha value is -4.11. The molecule has 0 aliphatic carbocycles. The van der Waals surface area contributed by atoms with E-state index >= 15 is 0 Å². The van der Waals surface area contributed by atoms with E-state index in [0.717, 1.165) is 85.5 Å². The van der Waals surface area contributed by atoms with Gasteiger partial charge in [-0.25, -0.2) is 14.8 Å². The molecule has 0 spiro atoms. The van der Waals surface area contributed by atoms with Crippen molar-refractivity contribution in [3.63, 3.8) is 0 Å². The molecule has 2 fully saturated rings. The van der Waals surface area contributed by atoms with Gasteiger partial charge in [0.1, 0.15) is 34.9 Å². The standard InChI is InChI=1S/C33H40N6O3/c1-33(2,3)42-32(40)38-19-13-24(14-20-38)37-17-15-25(16-18-37)39-21-28(29-30(34)35-22-36-31(29)39)23-9-11-27(12-10-23)41-26-7-5-4-6-8-26/h4-12,21-22,24-25H,13-20H2,1-3H3,(H2,34,35,36). The van der Waals surface area contributed by atoms with Crippen LogP contribution in [0, 0.1) is 0 Å². The maximum Gasteiger partial charge on any atom is 0.410 e. The minimum atomic E-state index is -0.464. The van der Waals surface area contributed by atoms with E-state index in [9.17, 15) is 4.79 Å². The van der Waals surface area contributed by atoms with Crippen LogP contribution in [0.4, 0.5) is 10.6 Å². The van der Waals surface area contributed by atoms with Crippen molar-refractivity contribution < 1.29 is 14.3 Å². The summed E-state index contributed by atoms with van der Waals surface area (Å²) in [6.45, 7) is 9.27. The molecule has 42 heavy (non-hydrogen) atoms. The number of nitrogens with two attached hydrogens (primary N) is 1. The quantitative estimate of drug-likeness (QED) is 0.293. The summed E-state index contributed by atoms with van der Waals surface area (Å²) < 4.78 is 13.9. The van der Waals surface area contributed by atoms with E-state index in [-0.39, 0.29) is 6.09 Å². The minimum Gasteiger partial charge on any atom is -0.457 e. The number of aromatic nitrogens is 3. The first-order valence-corrected chi connectivity index (χ1v) is 14.9. The maximum absolute atomic E-state index is 12.5. The Morgan fingerprint density at radius 2 is 1.50 bits per heavy atom. The minimum absolute atomic E-state index is 0.199. The summed E-state index contributed by atoms with van der Waals surface area (Å²) in [4.78, 5) is 25.9. The molecule has 2 aliphatic rings. The lowest BCUT2D eigenvalue weighted by molar-refractivity contribution is 0.0121. The van der Waals surface area contributed by atoms with E-state index < -0.39 is 5.60 Å². The molecule has 2 N–H and O–H groups in total. The highest BCUT2D eigenvalue weighted by Gasteiger charge is 2.32. The molecular formula is C33H40N6O3. The van der Waals surface area contributed by atoms with E-state index in [1.807, 2.05) is 68.1 Å². The van der Waals surface area contributed by atoms with Gasteiger partial charge in [-0.3, -0.25) is 0 Å². The molecule has 220 valence electrons. The van der Waals surface area contributed by atoms with Gasteiger partial charge >= 0.3 is 6.09 Å². The van der Waals surface area contributed by atoms with E-state index in [1.165, 1.54) is 0 Å². The smallest absolute Gasteiger partial charge is 0.410 e. The highest BCUT2D eigenvalue weighted by atomic mass is 16.6. The number of benzene rings is 2. The zero-order valence-electron chi connectivity index (χ0n) is 24.7. The topological polar surface area (TPSA) is 98.7 Å². The molecule has 4 aromatic rings. The van der Waals surface area contributed by atoms with Crippen LogP contribution in [0.5, 0.6) is 11.5 Å². The number of nitrogens with zero attached hydrogens (tertiary/aromatic N) is 5. The third-order valence-corrected chi connectivity index (χ3v) is 8.31. The molecule has 1 amide bonds. The predicted molar refractivity (Wildman–Crippen MR) is 165 cm³/mol.